The van der Waals surface area contributed by atoms with Gasteiger partial charge in [-0.25, -0.2) is 14.5 Å². The highest BCUT2D eigenvalue weighted by Gasteiger charge is 2.23. The molecule has 0 atom stereocenters. The zero-order valence-corrected chi connectivity index (χ0v) is 28.8. The van der Waals surface area contributed by atoms with Crippen LogP contribution in [-0.2, 0) is 4.79 Å². The van der Waals surface area contributed by atoms with Crippen molar-refractivity contribution in [1.82, 2.24) is 29.4 Å². The molecule has 1 aliphatic heterocycles. The Morgan fingerprint density at radius 2 is 1.73 bits per heavy atom. The highest BCUT2D eigenvalue weighted by molar-refractivity contribution is 6.41. The van der Waals surface area contributed by atoms with Crippen LogP contribution in [0, 0.1) is 0 Å². The predicted octanol–water partition coefficient (Wildman–Crippen LogP) is 5.82. The van der Waals surface area contributed by atoms with Gasteiger partial charge in [-0.05, 0) is 44.4 Å². The summed E-state index contributed by atoms with van der Waals surface area (Å²) >= 11 is 13.5. The standard InChI is InChI=1S/C34H37Cl2N9O3/c1-6-30(46)41-25-16-22(44-13-11-43(12-14-44)10-9-42(2)3)7-8-24(25)40-29-17-26-21(19-37-29)15-23(34-38-20-39-45(26)34)31-32(35)27(47-4)18-28(48-5)33(31)36/h6-8,15-20H,1,9-14H2,2-5H3,(H,37,40)(H,41,46). The van der Waals surface area contributed by atoms with Crippen LogP contribution in [0.2, 0.25) is 10.0 Å². The molecule has 1 aliphatic rings. The van der Waals surface area contributed by atoms with Crippen molar-refractivity contribution in [1.29, 1.82) is 0 Å². The van der Waals surface area contributed by atoms with Crippen molar-refractivity contribution >= 4 is 68.5 Å². The number of rotatable bonds is 11. The second-order valence-electron chi connectivity index (χ2n) is 11.6. The van der Waals surface area contributed by atoms with Gasteiger partial charge in [0.15, 0.2) is 5.65 Å². The Balaban J connectivity index is 1.32. The summed E-state index contributed by atoms with van der Waals surface area (Å²) in [5, 5.41) is 12.3. The van der Waals surface area contributed by atoms with Crippen LogP contribution in [0.3, 0.4) is 0 Å². The lowest BCUT2D eigenvalue weighted by Gasteiger charge is -2.36. The van der Waals surface area contributed by atoms with Crippen LogP contribution in [0.25, 0.3) is 27.7 Å². The predicted molar refractivity (Wildman–Crippen MR) is 193 cm³/mol. The molecule has 6 rings (SSSR count). The summed E-state index contributed by atoms with van der Waals surface area (Å²) in [6.07, 6.45) is 4.45. The third-order valence-corrected chi connectivity index (χ3v) is 9.13. The molecular formula is C34H37Cl2N9O3. The van der Waals surface area contributed by atoms with Crippen LogP contribution >= 0.6 is 23.2 Å². The SMILES string of the molecule is C=CC(=O)Nc1cc(N2CCN(CCN(C)C)CC2)ccc1Nc1cc2c(cn1)cc(-c1c(Cl)c(OC)cc(OC)c1Cl)c1ncnn12. The summed E-state index contributed by atoms with van der Waals surface area (Å²) in [6.45, 7) is 9.46. The Bertz CT molecular complexity index is 1960. The molecule has 14 heteroatoms. The summed E-state index contributed by atoms with van der Waals surface area (Å²) in [6, 6.07) is 11.4. The van der Waals surface area contributed by atoms with Crippen LogP contribution < -0.4 is 25.0 Å². The van der Waals surface area contributed by atoms with Gasteiger partial charge in [-0.2, -0.15) is 5.10 Å². The second-order valence-corrected chi connectivity index (χ2v) is 12.4. The van der Waals surface area contributed by atoms with Gasteiger partial charge >= 0.3 is 0 Å². The molecular weight excluding hydrogens is 653 g/mol. The molecule has 1 saturated heterocycles. The molecule has 250 valence electrons. The molecule has 0 bridgehead atoms. The number of hydrogen-bond donors (Lipinski definition) is 2. The number of piperazine rings is 1. The van der Waals surface area contributed by atoms with Crippen molar-refractivity contribution < 1.29 is 14.3 Å². The van der Waals surface area contributed by atoms with E-state index in [0.717, 1.165) is 55.9 Å². The van der Waals surface area contributed by atoms with Crippen molar-refractivity contribution in [2.24, 2.45) is 0 Å². The number of nitrogens with one attached hydrogen (secondary N) is 2. The van der Waals surface area contributed by atoms with Gasteiger partial charge in [-0.15, -0.1) is 0 Å². The van der Waals surface area contributed by atoms with Crippen LogP contribution in [-0.4, -0.2) is 103 Å². The van der Waals surface area contributed by atoms with Gasteiger partial charge in [-0.3, -0.25) is 9.69 Å². The maximum atomic E-state index is 12.5. The number of halogens is 2. The van der Waals surface area contributed by atoms with E-state index in [1.54, 1.807) is 16.8 Å². The first kappa shape index (κ1) is 33.3. The third-order valence-electron chi connectivity index (χ3n) is 8.38. The Hall–Kier alpha value is -4.62. The van der Waals surface area contributed by atoms with Gasteiger partial charge in [-0.1, -0.05) is 29.8 Å². The number of aromatic nitrogens is 4. The van der Waals surface area contributed by atoms with E-state index in [2.05, 4.69) is 62.2 Å². The fraction of sp³-hybridized carbons (Fsp3) is 0.294. The first-order chi connectivity index (χ1) is 23.2. The van der Waals surface area contributed by atoms with E-state index >= 15 is 0 Å². The van der Waals surface area contributed by atoms with Gasteiger partial charge in [0.05, 0.1) is 41.2 Å². The van der Waals surface area contributed by atoms with Gasteiger partial charge in [0.1, 0.15) is 23.6 Å². The molecule has 0 spiro atoms. The van der Waals surface area contributed by atoms with Crippen LogP contribution in [0.5, 0.6) is 11.5 Å². The topological polar surface area (TPSA) is 112 Å². The molecule has 4 heterocycles. The molecule has 0 aliphatic carbocycles. The molecule has 0 radical (unpaired) electrons. The van der Waals surface area contributed by atoms with Gasteiger partial charge in [0, 0.05) is 79.8 Å². The lowest BCUT2D eigenvalue weighted by Crippen LogP contribution is -2.48. The number of methoxy groups -OCH3 is 2. The molecule has 0 saturated carbocycles. The van der Waals surface area contributed by atoms with Crippen molar-refractivity contribution in [2.45, 2.75) is 0 Å². The van der Waals surface area contributed by atoms with Crippen molar-refractivity contribution in [3.63, 3.8) is 0 Å². The fourth-order valence-electron chi connectivity index (χ4n) is 5.78. The monoisotopic (exact) mass is 689 g/mol. The number of nitrogens with zero attached hydrogens (tertiary/aromatic N) is 7. The minimum atomic E-state index is -0.307. The Morgan fingerprint density at radius 3 is 2.40 bits per heavy atom. The minimum Gasteiger partial charge on any atom is -0.495 e. The van der Waals surface area contributed by atoms with Crippen LogP contribution in [0.1, 0.15) is 0 Å². The third kappa shape index (κ3) is 6.70. The average Bonchev–Trinajstić information content (AvgIpc) is 3.59. The number of hydrogen-bond acceptors (Lipinski definition) is 10. The van der Waals surface area contributed by atoms with E-state index in [9.17, 15) is 4.79 Å². The first-order valence-corrected chi connectivity index (χ1v) is 16.2. The van der Waals surface area contributed by atoms with Crippen molar-refractivity contribution in [2.75, 3.05) is 83.1 Å². The Labute approximate surface area is 288 Å². The van der Waals surface area contributed by atoms with Crippen molar-refractivity contribution in [3.8, 4) is 22.6 Å². The maximum absolute atomic E-state index is 12.5. The van der Waals surface area contributed by atoms with Gasteiger partial charge in [0.2, 0.25) is 5.91 Å². The highest BCUT2D eigenvalue weighted by atomic mass is 35.5. The molecule has 5 aromatic rings. The van der Waals surface area contributed by atoms with E-state index < -0.39 is 0 Å². The zero-order valence-electron chi connectivity index (χ0n) is 27.3. The van der Waals surface area contributed by atoms with Crippen LogP contribution in [0.15, 0.2) is 61.6 Å². The molecule has 1 amide bonds. The smallest absolute Gasteiger partial charge is 0.247 e. The zero-order chi connectivity index (χ0) is 33.9. The number of anilines is 4. The number of carbonyl (C=O) groups is 1. The maximum Gasteiger partial charge on any atom is 0.247 e. The summed E-state index contributed by atoms with van der Waals surface area (Å²) in [4.78, 5) is 28.7. The van der Waals surface area contributed by atoms with E-state index in [1.165, 1.54) is 26.6 Å². The van der Waals surface area contributed by atoms with Crippen LogP contribution in [0.4, 0.5) is 22.9 Å². The van der Waals surface area contributed by atoms with E-state index in [4.69, 9.17) is 37.7 Å². The summed E-state index contributed by atoms with van der Waals surface area (Å²) in [7, 11) is 7.25. The largest absolute Gasteiger partial charge is 0.495 e. The molecule has 2 aromatic carbocycles. The lowest BCUT2D eigenvalue weighted by atomic mass is 10.0. The number of benzene rings is 2. The minimum absolute atomic E-state index is 0.307. The number of pyridine rings is 2. The molecule has 1 fully saturated rings. The lowest BCUT2D eigenvalue weighted by molar-refractivity contribution is -0.111. The second kappa shape index (κ2) is 14.2. The van der Waals surface area contributed by atoms with Crippen molar-refractivity contribution in [3.05, 3.63) is 71.6 Å². The first-order valence-electron chi connectivity index (χ1n) is 15.4. The van der Waals surface area contributed by atoms with Gasteiger partial charge < -0.3 is 29.9 Å². The molecule has 3 aromatic heterocycles. The number of carbonyl (C=O) groups excluding carboxylic acids is 1. The normalized spacial score (nSPS) is 13.7. The van der Waals surface area contributed by atoms with Gasteiger partial charge in [0.25, 0.3) is 0 Å². The summed E-state index contributed by atoms with van der Waals surface area (Å²) in [5.41, 5.74) is 4.75. The molecule has 0 unspecified atom stereocenters. The summed E-state index contributed by atoms with van der Waals surface area (Å²) < 4.78 is 12.7. The highest BCUT2D eigenvalue weighted by Crippen LogP contribution is 2.47. The average molecular weight is 691 g/mol. The van der Waals surface area contributed by atoms with E-state index in [0.29, 0.717) is 55.5 Å². The Morgan fingerprint density at radius 1 is 1.00 bits per heavy atom. The summed E-state index contributed by atoms with van der Waals surface area (Å²) in [5.74, 6) is 1.06. The fourth-order valence-corrected chi connectivity index (χ4v) is 6.48. The Kier molecular flexibility index (Phi) is 9.88. The number of amides is 1. The quantitative estimate of drug-likeness (QED) is 0.165. The van der Waals surface area contributed by atoms with E-state index in [1.807, 2.05) is 24.3 Å². The number of likely N-dealkylation sites (N-methyl/N-ethyl adjacent to an activating group) is 1. The molecule has 12 nitrogen and oxygen atoms in total. The number of fused-ring (bicyclic) bond motifs is 3. The number of ether oxygens (including phenoxy) is 2. The molecule has 2 N–H and O–H groups in total. The van der Waals surface area contributed by atoms with E-state index in [-0.39, 0.29) is 5.91 Å². The molecule has 48 heavy (non-hydrogen) atoms.